The number of hydrogen-bond donors (Lipinski definition) is 1. The minimum absolute atomic E-state index is 0.188. The number of benzene rings is 1. The van der Waals surface area contributed by atoms with E-state index in [0.29, 0.717) is 0 Å². The Hall–Kier alpha value is -1.26. The fourth-order valence-electron chi connectivity index (χ4n) is 1.38. The number of rotatable bonds is 2. The third-order valence-electron chi connectivity index (χ3n) is 2.20. The summed E-state index contributed by atoms with van der Waals surface area (Å²) in [7, 11) is 0. The van der Waals surface area contributed by atoms with Crippen molar-refractivity contribution in [2.24, 2.45) is 5.73 Å². The summed E-state index contributed by atoms with van der Waals surface area (Å²) >= 11 is 1.48. The second-order valence-corrected chi connectivity index (χ2v) is 3.98. The first-order chi connectivity index (χ1) is 7.18. The number of hydrogen-bond acceptors (Lipinski definition) is 2. The van der Waals surface area contributed by atoms with Gasteiger partial charge in [0.15, 0.2) is 0 Å². The van der Waals surface area contributed by atoms with Crippen LogP contribution < -0.4 is 5.73 Å². The molecule has 0 aliphatic heterocycles. The minimum Gasteiger partial charge on any atom is -0.320 e. The Labute approximate surface area is 90.2 Å². The molecule has 0 aliphatic carbocycles. The molecule has 1 nitrogen and oxygen atoms in total. The molecule has 1 aromatic heterocycles. The third kappa shape index (κ3) is 2.06. The summed E-state index contributed by atoms with van der Waals surface area (Å²) < 4.78 is 26.3. The third-order valence-corrected chi connectivity index (χ3v) is 2.90. The highest BCUT2D eigenvalue weighted by atomic mass is 32.1. The van der Waals surface area contributed by atoms with Crippen molar-refractivity contribution in [3.8, 4) is 0 Å². The molecule has 0 unspecified atom stereocenters. The highest BCUT2D eigenvalue weighted by Crippen LogP contribution is 2.24. The smallest absolute Gasteiger partial charge is 0.128 e. The maximum absolute atomic E-state index is 13.4. The molecule has 15 heavy (non-hydrogen) atoms. The first kappa shape index (κ1) is 10.3. The van der Waals surface area contributed by atoms with Gasteiger partial charge in [-0.3, -0.25) is 0 Å². The van der Waals surface area contributed by atoms with E-state index in [9.17, 15) is 8.78 Å². The average molecular weight is 225 g/mol. The molecule has 4 heteroatoms. The number of thiophene rings is 1. The Kier molecular flexibility index (Phi) is 2.79. The summed E-state index contributed by atoms with van der Waals surface area (Å²) in [6, 6.07) is 4.51. The molecule has 0 saturated carbocycles. The van der Waals surface area contributed by atoms with E-state index in [4.69, 9.17) is 5.73 Å². The van der Waals surface area contributed by atoms with Crippen molar-refractivity contribution in [2.75, 3.05) is 0 Å². The summed E-state index contributed by atoms with van der Waals surface area (Å²) in [6.07, 6.45) is 0. The van der Waals surface area contributed by atoms with Gasteiger partial charge >= 0.3 is 0 Å². The van der Waals surface area contributed by atoms with Crippen LogP contribution in [0.25, 0.3) is 0 Å². The van der Waals surface area contributed by atoms with Gasteiger partial charge in [-0.25, -0.2) is 8.78 Å². The summed E-state index contributed by atoms with van der Waals surface area (Å²) in [5.74, 6) is -0.952. The second kappa shape index (κ2) is 4.08. The fourth-order valence-corrected chi connectivity index (χ4v) is 2.08. The van der Waals surface area contributed by atoms with Crippen molar-refractivity contribution >= 4 is 11.3 Å². The zero-order chi connectivity index (χ0) is 10.8. The van der Waals surface area contributed by atoms with Crippen LogP contribution in [-0.2, 0) is 0 Å². The lowest BCUT2D eigenvalue weighted by atomic mass is 10.0. The van der Waals surface area contributed by atoms with Crippen LogP contribution in [-0.4, -0.2) is 0 Å². The molecule has 0 aliphatic rings. The van der Waals surface area contributed by atoms with Crippen LogP contribution in [0.5, 0.6) is 0 Å². The predicted molar refractivity (Wildman–Crippen MR) is 56.7 cm³/mol. The maximum Gasteiger partial charge on any atom is 0.128 e. The SMILES string of the molecule is N[C@@H](c1ccsc1)c1cc(F)ccc1F. The number of halogens is 2. The lowest BCUT2D eigenvalue weighted by Crippen LogP contribution is -2.13. The van der Waals surface area contributed by atoms with Gasteiger partial charge in [-0.05, 0) is 40.6 Å². The van der Waals surface area contributed by atoms with E-state index in [1.807, 2.05) is 10.8 Å². The highest BCUT2D eigenvalue weighted by molar-refractivity contribution is 7.08. The van der Waals surface area contributed by atoms with Gasteiger partial charge in [0.2, 0.25) is 0 Å². The van der Waals surface area contributed by atoms with Crippen molar-refractivity contribution in [3.05, 3.63) is 57.8 Å². The molecule has 0 amide bonds. The summed E-state index contributed by atoms with van der Waals surface area (Å²) in [5.41, 5.74) is 6.81. The molecule has 1 atom stereocenters. The first-order valence-corrected chi connectivity index (χ1v) is 5.35. The molecule has 2 rings (SSSR count). The Morgan fingerprint density at radius 1 is 1.20 bits per heavy atom. The minimum atomic E-state index is -0.605. The zero-order valence-electron chi connectivity index (χ0n) is 7.78. The molecule has 1 heterocycles. The molecular weight excluding hydrogens is 216 g/mol. The largest absolute Gasteiger partial charge is 0.320 e. The molecule has 0 saturated heterocycles. The fraction of sp³-hybridized carbons (Fsp3) is 0.0909. The molecule has 2 N–H and O–H groups in total. The Bertz CT molecular complexity index is 454. The Balaban J connectivity index is 2.41. The van der Waals surface area contributed by atoms with E-state index in [0.717, 1.165) is 23.8 Å². The standard InChI is InChI=1S/C11H9F2NS/c12-8-1-2-10(13)9(5-8)11(14)7-3-4-15-6-7/h1-6,11H,14H2/t11-/m0/s1. The van der Waals surface area contributed by atoms with E-state index in [1.54, 1.807) is 6.07 Å². The topological polar surface area (TPSA) is 26.0 Å². The maximum atomic E-state index is 13.4. The van der Waals surface area contributed by atoms with Crippen molar-refractivity contribution in [3.63, 3.8) is 0 Å². The van der Waals surface area contributed by atoms with Gasteiger partial charge in [0, 0.05) is 5.56 Å². The summed E-state index contributed by atoms with van der Waals surface area (Å²) in [6.45, 7) is 0. The highest BCUT2D eigenvalue weighted by Gasteiger charge is 2.14. The monoisotopic (exact) mass is 225 g/mol. The Morgan fingerprint density at radius 2 is 2.00 bits per heavy atom. The van der Waals surface area contributed by atoms with E-state index >= 15 is 0 Å². The molecule has 0 spiro atoms. The normalized spacial score (nSPS) is 12.7. The molecule has 1 aromatic carbocycles. The lowest BCUT2D eigenvalue weighted by Gasteiger charge is -2.11. The van der Waals surface area contributed by atoms with Crippen LogP contribution in [0, 0.1) is 11.6 Å². The van der Waals surface area contributed by atoms with Crippen molar-refractivity contribution in [1.82, 2.24) is 0 Å². The van der Waals surface area contributed by atoms with Gasteiger partial charge in [0.05, 0.1) is 6.04 Å². The van der Waals surface area contributed by atoms with E-state index < -0.39 is 17.7 Å². The first-order valence-electron chi connectivity index (χ1n) is 4.41. The van der Waals surface area contributed by atoms with Gasteiger partial charge in [-0.15, -0.1) is 0 Å². The molecular formula is C11H9F2NS. The van der Waals surface area contributed by atoms with Gasteiger partial charge in [0.25, 0.3) is 0 Å². The van der Waals surface area contributed by atoms with Crippen LogP contribution in [0.15, 0.2) is 35.0 Å². The van der Waals surface area contributed by atoms with Gasteiger partial charge in [-0.2, -0.15) is 11.3 Å². The van der Waals surface area contributed by atoms with Crippen LogP contribution in [0.3, 0.4) is 0 Å². The van der Waals surface area contributed by atoms with Crippen molar-refractivity contribution in [1.29, 1.82) is 0 Å². The van der Waals surface area contributed by atoms with E-state index in [1.165, 1.54) is 11.3 Å². The van der Waals surface area contributed by atoms with Gasteiger partial charge in [-0.1, -0.05) is 0 Å². The second-order valence-electron chi connectivity index (χ2n) is 3.20. The van der Waals surface area contributed by atoms with E-state index in [-0.39, 0.29) is 5.56 Å². The van der Waals surface area contributed by atoms with Crippen LogP contribution >= 0.6 is 11.3 Å². The van der Waals surface area contributed by atoms with Crippen LogP contribution in [0.1, 0.15) is 17.2 Å². The molecule has 0 fully saturated rings. The molecule has 78 valence electrons. The quantitative estimate of drug-likeness (QED) is 0.835. The molecule has 0 radical (unpaired) electrons. The van der Waals surface area contributed by atoms with E-state index in [2.05, 4.69) is 0 Å². The summed E-state index contributed by atoms with van der Waals surface area (Å²) in [4.78, 5) is 0. The van der Waals surface area contributed by atoms with Crippen molar-refractivity contribution in [2.45, 2.75) is 6.04 Å². The zero-order valence-corrected chi connectivity index (χ0v) is 8.60. The van der Waals surface area contributed by atoms with Crippen LogP contribution in [0.2, 0.25) is 0 Å². The van der Waals surface area contributed by atoms with Gasteiger partial charge < -0.3 is 5.73 Å². The number of nitrogens with two attached hydrogens (primary N) is 1. The molecule has 0 bridgehead atoms. The average Bonchev–Trinajstić information content (AvgIpc) is 2.74. The summed E-state index contributed by atoms with van der Waals surface area (Å²) in [5, 5.41) is 3.68. The lowest BCUT2D eigenvalue weighted by molar-refractivity contribution is 0.577. The predicted octanol–water partition coefficient (Wildman–Crippen LogP) is 3.07. The van der Waals surface area contributed by atoms with Crippen molar-refractivity contribution < 1.29 is 8.78 Å². The van der Waals surface area contributed by atoms with Crippen LogP contribution in [0.4, 0.5) is 8.78 Å². The molecule has 2 aromatic rings. The Morgan fingerprint density at radius 3 is 2.67 bits per heavy atom. The van der Waals surface area contributed by atoms with Gasteiger partial charge in [0.1, 0.15) is 11.6 Å².